The van der Waals surface area contributed by atoms with Crippen LogP contribution in [0.3, 0.4) is 0 Å². The molecule has 7 nitrogen and oxygen atoms in total. The van der Waals surface area contributed by atoms with Gasteiger partial charge < -0.3 is 15.7 Å². The molecule has 3 N–H and O–H groups in total. The summed E-state index contributed by atoms with van der Waals surface area (Å²) in [6.07, 6.45) is 3.23. The lowest BCUT2D eigenvalue weighted by molar-refractivity contribution is -0.133. The first kappa shape index (κ1) is 10.9. The predicted octanol–water partition coefficient (Wildman–Crippen LogP) is -1.16. The summed E-state index contributed by atoms with van der Waals surface area (Å²) in [5, 5.41) is 13.0. The summed E-state index contributed by atoms with van der Waals surface area (Å²) in [7, 11) is 0. The Morgan fingerprint density at radius 1 is 1.69 bits per heavy atom. The molecule has 2 rings (SSSR count). The third-order valence-corrected chi connectivity index (χ3v) is 2.76. The molecule has 0 radical (unpaired) electrons. The van der Waals surface area contributed by atoms with Crippen molar-refractivity contribution in [1.29, 1.82) is 0 Å². The van der Waals surface area contributed by atoms with Gasteiger partial charge in [-0.3, -0.25) is 4.79 Å². The molecule has 16 heavy (non-hydrogen) atoms. The molecule has 1 amide bonds. The van der Waals surface area contributed by atoms with E-state index in [1.807, 2.05) is 0 Å². The van der Waals surface area contributed by atoms with Crippen LogP contribution in [0.5, 0.6) is 0 Å². The number of carbonyl (C=O) groups excluding carboxylic acids is 1. The Morgan fingerprint density at radius 3 is 3.12 bits per heavy atom. The molecule has 0 saturated carbocycles. The highest BCUT2D eigenvalue weighted by Crippen LogP contribution is 2.16. The van der Waals surface area contributed by atoms with Gasteiger partial charge in [-0.15, -0.1) is 5.10 Å². The number of carbonyl (C=O) groups is 1. The van der Waals surface area contributed by atoms with E-state index in [0.29, 0.717) is 6.54 Å². The maximum absolute atomic E-state index is 11.9. The fourth-order valence-corrected chi connectivity index (χ4v) is 1.97. The van der Waals surface area contributed by atoms with E-state index in [2.05, 4.69) is 10.1 Å². The zero-order chi connectivity index (χ0) is 11.5. The number of hydrogen-bond acceptors (Lipinski definition) is 5. The maximum atomic E-state index is 11.9. The van der Waals surface area contributed by atoms with Gasteiger partial charge in [0, 0.05) is 6.54 Å². The first-order valence-corrected chi connectivity index (χ1v) is 5.26. The Morgan fingerprint density at radius 2 is 2.50 bits per heavy atom. The predicted molar refractivity (Wildman–Crippen MR) is 56.3 cm³/mol. The molecule has 7 heteroatoms. The van der Waals surface area contributed by atoms with E-state index in [1.54, 1.807) is 4.90 Å². The molecule has 1 saturated heterocycles. The zero-order valence-electron chi connectivity index (χ0n) is 8.91. The van der Waals surface area contributed by atoms with Gasteiger partial charge in [-0.05, 0) is 12.8 Å². The number of amides is 1. The minimum atomic E-state index is -0.0542. The zero-order valence-corrected chi connectivity index (χ0v) is 8.91. The van der Waals surface area contributed by atoms with Crippen LogP contribution in [0.25, 0.3) is 0 Å². The van der Waals surface area contributed by atoms with E-state index in [4.69, 9.17) is 10.8 Å². The van der Waals surface area contributed by atoms with Crippen molar-refractivity contribution in [1.82, 2.24) is 19.7 Å². The SMILES string of the molecule is Nc1ncn(CC(=O)N2CCC[C@@H]2CO)n1. The second-order valence-corrected chi connectivity index (χ2v) is 3.87. The second-order valence-electron chi connectivity index (χ2n) is 3.87. The molecule has 0 bridgehead atoms. The highest BCUT2D eigenvalue weighted by Gasteiger charge is 2.28. The van der Waals surface area contributed by atoms with Gasteiger partial charge in [0.1, 0.15) is 12.9 Å². The van der Waals surface area contributed by atoms with E-state index in [-0.39, 0.29) is 31.0 Å². The number of nitrogens with zero attached hydrogens (tertiary/aromatic N) is 4. The molecule has 1 aromatic heterocycles. The Kier molecular flexibility index (Phi) is 3.04. The first-order valence-electron chi connectivity index (χ1n) is 5.26. The summed E-state index contributed by atoms with van der Waals surface area (Å²) < 4.78 is 1.41. The molecule has 1 aliphatic heterocycles. The molecule has 0 aromatic carbocycles. The highest BCUT2D eigenvalue weighted by atomic mass is 16.3. The van der Waals surface area contributed by atoms with Crippen LogP contribution < -0.4 is 5.73 Å². The minimum Gasteiger partial charge on any atom is -0.394 e. The Balaban J connectivity index is 1.97. The Hall–Kier alpha value is -1.63. The van der Waals surface area contributed by atoms with Crippen molar-refractivity contribution in [3.63, 3.8) is 0 Å². The summed E-state index contributed by atoms with van der Waals surface area (Å²) >= 11 is 0. The lowest BCUT2D eigenvalue weighted by Crippen LogP contribution is -2.39. The molecule has 1 aliphatic rings. The largest absolute Gasteiger partial charge is 0.394 e. The Bertz CT molecular complexity index is 378. The molecule has 88 valence electrons. The van der Waals surface area contributed by atoms with Crippen LogP contribution in [0.15, 0.2) is 6.33 Å². The number of aliphatic hydroxyl groups is 1. The first-order chi connectivity index (χ1) is 7.70. The quantitative estimate of drug-likeness (QED) is 0.676. The average molecular weight is 225 g/mol. The van der Waals surface area contributed by atoms with E-state index in [1.165, 1.54) is 11.0 Å². The van der Waals surface area contributed by atoms with Crippen molar-refractivity contribution < 1.29 is 9.90 Å². The molecule has 1 atom stereocenters. The van der Waals surface area contributed by atoms with Gasteiger partial charge in [0.05, 0.1) is 12.6 Å². The van der Waals surface area contributed by atoms with Crippen LogP contribution in [0, 0.1) is 0 Å². The standard InChI is InChI=1S/C9H15N5O2/c10-9-11-6-13(12-9)4-8(16)14-3-1-2-7(14)5-15/h6-7,15H,1-5H2,(H2,10,12)/t7-/m1/s1. The van der Waals surface area contributed by atoms with Crippen molar-refractivity contribution in [2.45, 2.75) is 25.4 Å². The van der Waals surface area contributed by atoms with Gasteiger partial charge in [0.2, 0.25) is 11.9 Å². The number of rotatable bonds is 3. The van der Waals surface area contributed by atoms with E-state index in [0.717, 1.165) is 12.8 Å². The fraction of sp³-hybridized carbons (Fsp3) is 0.667. The van der Waals surface area contributed by atoms with E-state index in [9.17, 15) is 4.79 Å². The van der Waals surface area contributed by atoms with E-state index < -0.39 is 0 Å². The van der Waals surface area contributed by atoms with Crippen LogP contribution in [0.4, 0.5) is 5.95 Å². The summed E-state index contributed by atoms with van der Waals surface area (Å²) in [5.41, 5.74) is 5.35. The molecule has 0 spiro atoms. The normalized spacial score (nSPS) is 20.3. The molecule has 0 unspecified atom stereocenters. The topological polar surface area (TPSA) is 97.3 Å². The lowest BCUT2D eigenvalue weighted by atomic mass is 10.2. The fourth-order valence-electron chi connectivity index (χ4n) is 1.97. The van der Waals surface area contributed by atoms with Crippen molar-refractivity contribution in [2.75, 3.05) is 18.9 Å². The summed E-state index contributed by atoms with van der Waals surface area (Å²) in [4.78, 5) is 17.3. The minimum absolute atomic E-state index is 0.0191. The maximum Gasteiger partial charge on any atom is 0.244 e. The molecular formula is C9H15N5O2. The van der Waals surface area contributed by atoms with Gasteiger partial charge in [0.15, 0.2) is 0 Å². The Labute approximate surface area is 92.9 Å². The monoisotopic (exact) mass is 225 g/mol. The molecule has 1 fully saturated rings. The van der Waals surface area contributed by atoms with Crippen molar-refractivity contribution in [2.24, 2.45) is 0 Å². The third kappa shape index (κ3) is 2.13. The smallest absolute Gasteiger partial charge is 0.244 e. The molecule has 1 aromatic rings. The van der Waals surface area contributed by atoms with Crippen LogP contribution in [0.1, 0.15) is 12.8 Å². The van der Waals surface area contributed by atoms with Crippen LogP contribution in [-0.4, -0.2) is 49.9 Å². The summed E-state index contributed by atoms with van der Waals surface area (Å²) in [5.74, 6) is 0.106. The second kappa shape index (κ2) is 4.48. The highest BCUT2D eigenvalue weighted by molar-refractivity contribution is 5.76. The van der Waals surface area contributed by atoms with Gasteiger partial charge in [-0.1, -0.05) is 0 Å². The number of nitrogens with two attached hydrogens (primary N) is 1. The number of aliphatic hydroxyl groups excluding tert-OH is 1. The molecular weight excluding hydrogens is 210 g/mol. The van der Waals surface area contributed by atoms with Crippen molar-refractivity contribution in [3.8, 4) is 0 Å². The van der Waals surface area contributed by atoms with Gasteiger partial charge >= 0.3 is 0 Å². The van der Waals surface area contributed by atoms with Crippen LogP contribution >= 0.6 is 0 Å². The number of aromatic nitrogens is 3. The molecule has 0 aliphatic carbocycles. The number of hydrogen-bond donors (Lipinski definition) is 2. The van der Waals surface area contributed by atoms with Gasteiger partial charge in [0.25, 0.3) is 0 Å². The molecule has 2 heterocycles. The average Bonchev–Trinajstić information content (AvgIpc) is 2.86. The number of anilines is 1. The lowest BCUT2D eigenvalue weighted by Gasteiger charge is -2.22. The number of likely N-dealkylation sites (tertiary alicyclic amines) is 1. The summed E-state index contributed by atoms with van der Waals surface area (Å²) in [6, 6.07) is -0.0478. The van der Waals surface area contributed by atoms with Crippen molar-refractivity contribution in [3.05, 3.63) is 6.33 Å². The van der Waals surface area contributed by atoms with Crippen molar-refractivity contribution >= 4 is 11.9 Å². The third-order valence-electron chi connectivity index (χ3n) is 2.76. The number of nitrogen functional groups attached to an aromatic ring is 1. The van der Waals surface area contributed by atoms with E-state index >= 15 is 0 Å². The van der Waals surface area contributed by atoms with Gasteiger partial charge in [-0.2, -0.15) is 0 Å². The van der Waals surface area contributed by atoms with Crippen LogP contribution in [0.2, 0.25) is 0 Å². The van der Waals surface area contributed by atoms with Gasteiger partial charge in [-0.25, -0.2) is 9.67 Å². The summed E-state index contributed by atoms with van der Waals surface area (Å²) in [6.45, 7) is 0.847. The van der Waals surface area contributed by atoms with Crippen LogP contribution in [-0.2, 0) is 11.3 Å².